The zero-order chi connectivity index (χ0) is 13.8. The molecule has 1 heterocycles. The molecule has 4 N–H and O–H groups in total. The summed E-state index contributed by atoms with van der Waals surface area (Å²) >= 11 is 0. The lowest BCUT2D eigenvalue weighted by Crippen LogP contribution is -2.14. The number of rotatable bonds is 4. The summed E-state index contributed by atoms with van der Waals surface area (Å²) < 4.78 is 0. The normalized spacial score (nSPS) is 10.2. The van der Waals surface area contributed by atoms with Crippen LogP contribution in [-0.2, 0) is 6.42 Å². The van der Waals surface area contributed by atoms with E-state index in [0.29, 0.717) is 23.5 Å². The lowest BCUT2D eigenvalue weighted by atomic mass is 10.2. The van der Waals surface area contributed by atoms with Crippen LogP contribution in [0.3, 0.4) is 0 Å². The van der Waals surface area contributed by atoms with E-state index in [9.17, 15) is 9.59 Å². The number of hydrogen-bond acceptors (Lipinski definition) is 4. The minimum Gasteiger partial charge on any atom is -0.366 e. The quantitative estimate of drug-likeness (QED) is 0.750. The molecule has 0 radical (unpaired) electrons. The topological polar surface area (TPSA) is 114 Å². The smallest absolute Gasteiger partial charge is 0.295 e. The van der Waals surface area contributed by atoms with Gasteiger partial charge in [0.1, 0.15) is 5.82 Å². The number of nitrogens with one attached hydrogen (secondary N) is 2. The number of anilines is 1. The van der Waals surface area contributed by atoms with Crippen molar-refractivity contribution in [1.82, 2.24) is 15.2 Å². The van der Waals surface area contributed by atoms with E-state index >= 15 is 0 Å². The van der Waals surface area contributed by atoms with Crippen LogP contribution in [0.25, 0.3) is 0 Å². The first-order valence-corrected chi connectivity index (χ1v) is 5.72. The molecule has 1 aromatic carbocycles. The van der Waals surface area contributed by atoms with E-state index in [1.807, 2.05) is 6.92 Å². The van der Waals surface area contributed by atoms with Crippen LogP contribution in [0.1, 0.15) is 33.7 Å². The molecule has 0 bridgehead atoms. The van der Waals surface area contributed by atoms with E-state index in [-0.39, 0.29) is 5.82 Å². The monoisotopic (exact) mass is 259 g/mol. The number of aromatic amines is 1. The highest BCUT2D eigenvalue weighted by Gasteiger charge is 2.12. The number of nitrogens with zero attached hydrogens (tertiary/aromatic N) is 2. The number of aromatic nitrogens is 3. The molecular weight excluding hydrogens is 246 g/mol. The molecule has 2 aromatic rings. The predicted octanol–water partition coefficient (Wildman–Crippen LogP) is 0.718. The Hall–Kier alpha value is -2.70. The third-order valence-corrected chi connectivity index (χ3v) is 2.50. The van der Waals surface area contributed by atoms with Crippen LogP contribution < -0.4 is 11.1 Å². The van der Waals surface area contributed by atoms with Crippen molar-refractivity contribution in [3.8, 4) is 0 Å². The molecule has 0 saturated carbocycles. The number of aryl methyl sites for hydroxylation is 1. The third-order valence-electron chi connectivity index (χ3n) is 2.50. The zero-order valence-electron chi connectivity index (χ0n) is 10.3. The van der Waals surface area contributed by atoms with Crippen LogP contribution in [0.15, 0.2) is 24.3 Å². The summed E-state index contributed by atoms with van der Waals surface area (Å²) in [4.78, 5) is 26.7. The molecule has 19 heavy (non-hydrogen) atoms. The number of hydrogen-bond donors (Lipinski definition) is 3. The lowest BCUT2D eigenvalue weighted by Gasteiger charge is -2.02. The lowest BCUT2D eigenvalue weighted by molar-refractivity contribution is 0.0997. The van der Waals surface area contributed by atoms with Crippen molar-refractivity contribution in [2.24, 2.45) is 5.73 Å². The fourth-order valence-corrected chi connectivity index (χ4v) is 1.46. The Kier molecular flexibility index (Phi) is 3.56. The Morgan fingerprint density at radius 1 is 1.32 bits per heavy atom. The van der Waals surface area contributed by atoms with E-state index in [2.05, 4.69) is 20.5 Å². The molecule has 2 amide bonds. The van der Waals surface area contributed by atoms with Gasteiger partial charge in [0.15, 0.2) is 0 Å². The van der Waals surface area contributed by atoms with Crippen molar-refractivity contribution in [2.45, 2.75) is 13.3 Å². The molecule has 1 aromatic heterocycles. The SMILES string of the molecule is CCc1nc(C(=O)Nc2ccc(C(N)=O)cc2)n[nH]1. The van der Waals surface area contributed by atoms with Gasteiger partial charge in [0.25, 0.3) is 5.91 Å². The van der Waals surface area contributed by atoms with Crippen molar-refractivity contribution in [3.63, 3.8) is 0 Å². The van der Waals surface area contributed by atoms with E-state index < -0.39 is 11.8 Å². The van der Waals surface area contributed by atoms with Crippen molar-refractivity contribution in [3.05, 3.63) is 41.5 Å². The number of amides is 2. The summed E-state index contributed by atoms with van der Waals surface area (Å²) in [5, 5.41) is 9.10. The van der Waals surface area contributed by atoms with Crippen molar-refractivity contribution in [1.29, 1.82) is 0 Å². The Morgan fingerprint density at radius 2 is 2.00 bits per heavy atom. The Morgan fingerprint density at radius 3 is 2.53 bits per heavy atom. The van der Waals surface area contributed by atoms with Gasteiger partial charge in [0, 0.05) is 17.7 Å². The van der Waals surface area contributed by atoms with E-state index in [0.717, 1.165) is 0 Å². The number of carbonyl (C=O) groups excluding carboxylic acids is 2. The van der Waals surface area contributed by atoms with E-state index in [1.54, 1.807) is 12.1 Å². The molecule has 0 aliphatic carbocycles. The molecule has 98 valence electrons. The molecule has 2 rings (SSSR count). The van der Waals surface area contributed by atoms with Gasteiger partial charge in [0.2, 0.25) is 11.7 Å². The van der Waals surface area contributed by atoms with Gasteiger partial charge in [-0.3, -0.25) is 14.7 Å². The molecule has 0 aliphatic heterocycles. The first-order chi connectivity index (χ1) is 9.10. The van der Waals surface area contributed by atoms with Gasteiger partial charge in [-0.25, -0.2) is 4.98 Å². The first-order valence-electron chi connectivity index (χ1n) is 5.72. The molecular formula is C12H13N5O2. The summed E-state index contributed by atoms with van der Waals surface area (Å²) in [5.41, 5.74) is 6.04. The van der Waals surface area contributed by atoms with Gasteiger partial charge < -0.3 is 11.1 Å². The van der Waals surface area contributed by atoms with Crippen LogP contribution in [0.5, 0.6) is 0 Å². The highest BCUT2D eigenvalue weighted by Crippen LogP contribution is 2.10. The van der Waals surface area contributed by atoms with Gasteiger partial charge in [-0.2, -0.15) is 0 Å². The van der Waals surface area contributed by atoms with Crippen LogP contribution in [0, 0.1) is 0 Å². The van der Waals surface area contributed by atoms with Crippen LogP contribution in [0.2, 0.25) is 0 Å². The molecule has 0 saturated heterocycles. The van der Waals surface area contributed by atoms with E-state index in [1.165, 1.54) is 12.1 Å². The maximum atomic E-state index is 11.8. The summed E-state index contributed by atoms with van der Waals surface area (Å²) in [7, 11) is 0. The van der Waals surface area contributed by atoms with Crippen LogP contribution in [0.4, 0.5) is 5.69 Å². The minimum absolute atomic E-state index is 0.0795. The molecule has 0 fully saturated rings. The third kappa shape index (κ3) is 2.95. The zero-order valence-corrected chi connectivity index (χ0v) is 10.3. The van der Waals surface area contributed by atoms with Gasteiger partial charge in [-0.05, 0) is 24.3 Å². The maximum absolute atomic E-state index is 11.8. The molecule has 0 spiro atoms. The number of H-pyrrole nitrogens is 1. The summed E-state index contributed by atoms with van der Waals surface area (Å²) in [6, 6.07) is 6.25. The number of carbonyl (C=O) groups is 2. The maximum Gasteiger partial charge on any atom is 0.295 e. The number of benzene rings is 1. The van der Waals surface area contributed by atoms with Gasteiger partial charge in [0.05, 0.1) is 0 Å². The standard InChI is InChI=1S/C12H13N5O2/c1-2-9-15-11(17-16-9)12(19)14-8-5-3-7(4-6-8)10(13)18/h3-6H,2H2,1H3,(H2,13,18)(H,14,19)(H,15,16,17). The second-order valence-electron chi connectivity index (χ2n) is 3.85. The second-order valence-corrected chi connectivity index (χ2v) is 3.85. The number of primary amides is 1. The Balaban J connectivity index is 2.08. The van der Waals surface area contributed by atoms with Gasteiger partial charge in [-0.1, -0.05) is 6.92 Å². The number of nitrogens with two attached hydrogens (primary N) is 1. The average molecular weight is 259 g/mol. The fraction of sp³-hybridized carbons (Fsp3) is 0.167. The van der Waals surface area contributed by atoms with Gasteiger partial charge >= 0.3 is 0 Å². The molecule has 0 aliphatic rings. The molecule has 0 unspecified atom stereocenters. The van der Waals surface area contributed by atoms with Crippen molar-refractivity contribution < 1.29 is 9.59 Å². The summed E-state index contributed by atoms with van der Waals surface area (Å²) in [6.07, 6.45) is 0.674. The van der Waals surface area contributed by atoms with Crippen LogP contribution in [-0.4, -0.2) is 27.0 Å². The largest absolute Gasteiger partial charge is 0.366 e. The molecule has 0 atom stereocenters. The Bertz CT molecular complexity index is 603. The van der Waals surface area contributed by atoms with Crippen LogP contribution >= 0.6 is 0 Å². The Labute approximate surface area is 109 Å². The van der Waals surface area contributed by atoms with Crippen molar-refractivity contribution in [2.75, 3.05) is 5.32 Å². The highest BCUT2D eigenvalue weighted by atomic mass is 16.2. The summed E-state index contributed by atoms with van der Waals surface area (Å²) in [5.74, 6) is -0.202. The molecule has 7 nitrogen and oxygen atoms in total. The second kappa shape index (κ2) is 5.30. The first kappa shape index (κ1) is 12.7. The minimum atomic E-state index is -0.514. The van der Waals surface area contributed by atoms with Crippen molar-refractivity contribution >= 4 is 17.5 Å². The highest BCUT2D eigenvalue weighted by molar-refractivity contribution is 6.01. The van der Waals surface area contributed by atoms with E-state index in [4.69, 9.17) is 5.73 Å². The predicted molar refractivity (Wildman–Crippen MR) is 68.7 cm³/mol. The summed E-state index contributed by atoms with van der Waals surface area (Å²) in [6.45, 7) is 1.91. The fourth-order valence-electron chi connectivity index (χ4n) is 1.46. The van der Waals surface area contributed by atoms with Gasteiger partial charge in [-0.15, -0.1) is 5.10 Å². The average Bonchev–Trinajstić information content (AvgIpc) is 2.88. The molecule has 7 heteroatoms.